The van der Waals surface area contributed by atoms with Gasteiger partial charge in [0, 0.05) is 6.54 Å². The largest absolute Gasteiger partial charge is 0.478 e. The monoisotopic (exact) mass is 155 g/mol. The van der Waals surface area contributed by atoms with E-state index in [1.165, 1.54) is 6.08 Å². The summed E-state index contributed by atoms with van der Waals surface area (Å²) in [7, 11) is 0. The first-order valence-corrected chi connectivity index (χ1v) is 2.91. The summed E-state index contributed by atoms with van der Waals surface area (Å²) in [5.74, 6) is -2.00. The topological polar surface area (TPSA) is 66.4 Å². The zero-order chi connectivity index (χ0) is 8.85. The van der Waals surface area contributed by atoms with E-state index >= 15 is 0 Å². The molecular formula is C7H9NO3. The summed E-state index contributed by atoms with van der Waals surface area (Å²) < 4.78 is 0. The maximum Gasteiger partial charge on any atom is 0.340 e. The maximum absolute atomic E-state index is 10.7. The van der Waals surface area contributed by atoms with E-state index in [2.05, 4.69) is 18.5 Å². The molecule has 11 heavy (non-hydrogen) atoms. The second kappa shape index (κ2) is 4.27. The number of rotatable bonds is 4. The Morgan fingerprint density at radius 1 is 1.55 bits per heavy atom. The van der Waals surface area contributed by atoms with Crippen LogP contribution in [-0.4, -0.2) is 23.5 Å². The second-order valence-electron chi connectivity index (χ2n) is 1.78. The predicted octanol–water partition coefficient (Wildman–Crippen LogP) is -0.0706. The average molecular weight is 155 g/mol. The van der Waals surface area contributed by atoms with Gasteiger partial charge in [0.1, 0.15) is 5.57 Å². The van der Waals surface area contributed by atoms with Crippen LogP contribution in [0.3, 0.4) is 0 Å². The van der Waals surface area contributed by atoms with Crippen molar-refractivity contribution in [1.29, 1.82) is 0 Å². The number of carboxylic acids is 1. The maximum atomic E-state index is 10.7. The van der Waals surface area contributed by atoms with Gasteiger partial charge >= 0.3 is 5.97 Å². The highest BCUT2D eigenvalue weighted by molar-refractivity contribution is 6.14. The molecule has 0 aromatic rings. The lowest BCUT2D eigenvalue weighted by atomic mass is 10.3. The molecule has 0 unspecified atom stereocenters. The van der Waals surface area contributed by atoms with E-state index in [9.17, 15) is 9.59 Å². The summed E-state index contributed by atoms with van der Waals surface area (Å²) in [5, 5.41) is 10.5. The van der Waals surface area contributed by atoms with Crippen molar-refractivity contribution < 1.29 is 14.7 Å². The molecule has 0 rings (SSSR count). The highest BCUT2D eigenvalue weighted by Crippen LogP contribution is 1.88. The van der Waals surface area contributed by atoms with Crippen molar-refractivity contribution in [3.8, 4) is 0 Å². The number of carbonyl (C=O) groups is 2. The van der Waals surface area contributed by atoms with Crippen LogP contribution >= 0.6 is 0 Å². The van der Waals surface area contributed by atoms with Gasteiger partial charge in [-0.3, -0.25) is 4.79 Å². The minimum atomic E-state index is -1.31. The van der Waals surface area contributed by atoms with Gasteiger partial charge in [0.15, 0.2) is 0 Å². The third-order valence-corrected chi connectivity index (χ3v) is 0.939. The van der Waals surface area contributed by atoms with Gasteiger partial charge < -0.3 is 10.4 Å². The van der Waals surface area contributed by atoms with Crippen LogP contribution in [0, 0.1) is 0 Å². The lowest BCUT2D eigenvalue weighted by Gasteiger charge is -1.99. The second-order valence-corrected chi connectivity index (χ2v) is 1.78. The molecule has 0 radical (unpaired) electrons. The van der Waals surface area contributed by atoms with Crippen LogP contribution in [0.2, 0.25) is 0 Å². The van der Waals surface area contributed by atoms with Crippen molar-refractivity contribution >= 4 is 11.9 Å². The van der Waals surface area contributed by atoms with Crippen LogP contribution in [-0.2, 0) is 9.59 Å². The predicted molar refractivity (Wildman–Crippen MR) is 40.0 cm³/mol. The van der Waals surface area contributed by atoms with E-state index in [1.807, 2.05) is 0 Å². The smallest absolute Gasteiger partial charge is 0.340 e. The molecule has 2 N–H and O–H groups in total. The number of aliphatic carboxylic acids is 1. The van der Waals surface area contributed by atoms with Crippen molar-refractivity contribution in [3.63, 3.8) is 0 Å². The molecule has 1 amide bonds. The van der Waals surface area contributed by atoms with Gasteiger partial charge in [0.2, 0.25) is 0 Å². The first kappa shape index (κ1) is 9.42. The standard InChI is InChI=1S/C7H9NO3/c1-3-4-8-6(9)5(2)7(10)11/h3H,1-2,4H2,(H,8,9)(H,10,11). The van der Waals surface area contributed by atoms with Gasteiger partial charge in [-0.15, -0.1) is 6.58 Å². The Bertz CT molecular complexity index is 208. The first-order chi connectivity index (χ1) is 5.09. The molecule has 0 bridgehead atoms. The molecule has 0 fully saturated rings. The highest BCUT2D eigenvalue weighted by atomic mass is 16.4. The Morgan fingerprint density at radius 3 is 2.45 bits per heavy atom. The van der Waals surface area contributed by atoms with Gasteiger partial charge in [-0.05, 0) is 0 Å². The quantitative estimate of drug-likeness (QED) is 0.258. The van der Waals surface area contributed by atoms with Gasteiger partial charge in [-0.1, -0.05) is 12.7 Å². The molecule has 0 aliphatic heterocycles. The summed E-state index contributed by atoms with van der Waals surface area (Å²) >= 11 is 0. The van der Waals surface area contributed by atoms with Gasteiger partial charge in [-0.25, -0.2) is 4.79 Å². The Hall–Kier alpha value is -1.58. The summed E-state index contributed by atoms with van der Waals surface area (Å²) in [6.07, 6.45) is 1.45. The lowest BCUT2D eigenvalue weighted by Crippen LogP contribution is -2.27. The fourth-order valence-electron chi connectivity index (χ4n) is 0.369. The molecule has 60 valence electrons. The van der Waals surface area contributed by atoms with Crippen LogP contribution in [0.5, 0.6) is 0 Å². The molecular weight excluding hydrogens is 146 g/mol. The van der Waals surface area contributed by atoms with Crippen LogP contribution in [0.15, 0.2) is 24.8 Å². The lowest BCUT2D eigenvalue weighted by molar-refractivity contribution is -0.134. The molecule has 0 saturated heterocycles. The van der Waals surface area contributed by atoms with Gasteiger partial charge in [0.05, 0.1) is 0 Å². The van der Waals surface area contributed by atoms with Crippen molar-refractivity contribution in [2.45, 2.75) is 0 Å². The Kier molecular flexibility index (Phi) is 3.66. The molecule has 4 heteroatoms. The highest BCUT2D eigenvalue weighted by Gasteiger charge is 2.12. The fraction of sp³-hybridized carbons (Fsp3) is 0.143. The summed E-state index contributed by atoms with van der Waals surface area (Å²) in [6, 6.07) is 0. The molecule has 0 aromatic carbocycles. The van der Waals surface area contributed by atoms with E-state index in [4.69, 9.17) is 5.11 Å². The van der Waals surface area contributed by atoms with Crippen LogP contribution in [0.25, 0.3) is 0 Å². The van der Waals surface area contributed by atoms with E-state index in [-0.39, 0.29) is 6.54 Å². The average Bonchev–Trinajstić information content (AvgIpc) is 1.98. The van der Waals surface area contributed by atoms with Gasteiger partial charge in [-0.2, -0.15) is 0 Å². The molecule has 0 spiro atoms. The Labute approximate surface area is 64.2 Å². The number of carboxylic acid groups (broad SMARTS) is 1. The van der Waals surface area contributed by atoms with Crippen molar-refractivity contribution in [1.82, 2.24) is 5.32 Å². The summed E-state index contributed by atoms with van der Waals surface area (Å²) in [4.78, 5) is 20.8. The van der Waals surface area contributed by atoms with E-state index in [0.29, 0.717) is 0 Å². The summed E-state index contributed by atoms with van der Waals surface area (Å²) in [6.45, 7) is 6.65. The van der Waals surface area contributed by atoms with Gasteiger partial charge in [0.25, 0.3) is 5.91 Å². The Morgan fingerprint density at radius 2 is 2.09 bits per heavy atom. The van der Waals surface area contributed by atoms with Crippen LogP contribution in [0.4, 0.5) is 0 Å². The third-order valence-electron chi connectivity index (χ3n) is 0.939. The molecule has 0 aliphatic carbocycles. The number of amides is 1. The Balaban J connectivity index is 3.94. The van der Waals surface area contributed by atoms with E-state index in [0.717, 1.165) is 0 Å². The molecule has 0 atom stereocenters. The van der Waals surface area contributed by atoms with Crippen molar-refractivity contribution in [2.75, 3.05) is 6.54 Å². The number of nitrogens with one attached hydrogen (secondary N) is 1. The molecule has 0 aliphatic rings. The summed E-state index contributed by atoms with van der Waals surface area (Å²) in [5.41, 5.74) is -0.466. The number of hydrogen-bond donors (Lipinski definition) is 2. The number of hydrogen-bond acceptors (Lipinski definition) is 2. The first-order valence-electron chi connectivity index (χ1n) is 2.91. The minimum Gasteiger partial charge on any atom is -0.478 e. The fourth-order valence-corrected chi connectivity index (χ4v) is 0.369. The van der Waals surface area contributed by atoms with Crippen molar-refractivity contribution in [3.05, 3.63) is 24.8 Å². The third kappa shape index (κ3) is 3.20. The van der Waals surface area contributed by atoms with Crippen LogP contribution < -0.4 is 5.32 Å². The van der Waals surface area contributed by atoms with E-state index < -0.39 is 17.4 Å². The SMILES string of the molecule is C=CCNC(=O)C(=C)C(=O)O. The normalized spacial score (nSPS) is 8.36. The molecule has 0 aromatic heterocycles. The zero-order valence-electron chi connectivity index (χ0n) is 5.96. The van der Waals surface area contributed by atoms with Crippen molar-refractivity contribution in [2.24, 2.45) is 0 Å². The minimum absolute atomic E-state index is 0.241. The number of carbonyl (C=O) groups excluding carboxylic acids is 1. The van der Waals surface area contributed by atoms with E-state index in [1.54, 1.807) is 0 Å². The molecule has 0 saturated carbocycles. The molecule has 0 heterocycles. The van der Waals surface area contributed by atoms with Crippen LogP contribution in [0.1, 0.15) is 0 Å². The molecule has 4 nitrogen and oxygen atoms in total. The zero-order valence-corrected chi connectivity index (χ0v) is 5.96.